The van der Waals surface area contributed by atoms with Crippen LogP contribution in [0.25, 0.3) is 0 Å². The van der Waals surface area contributed by atoms with Gasteiger partial charge in [-0.15, -0.1) is 5.10 Å². The molecule has 0 aliphatic carbocycles. The number of H-pyrrole nitrogens is 1. The predicted octanol–water partition coefficient (Wildman–Crippen LogP) is 0.317. The molecule has 1 aromatic rings. The van der Waals surface area contributed by atoms with E-state index in [2.05, 4.69) is 25.4 Å². The van der Waals surface area contributed by atoms with E-state index in [1.165, 1.54) is 12.4 Å². The lowest BCUT2D eigenvalue weighted by Gasteiger charge is -1.94. The van der Waals surface area contributed by atoms with Crippen molar-refractivity contribution in [1.29, 1.82) is 0 Å². The van der Waals surface area contributed by atoms with Crippen LogP contribution in [0.4, 0.5) is 4.79 Å². The first-order chi connectivity index (χ1) is 6.77. The minimum absolute atomic E-state index is 0.210. The average molecular weight is 191 g/mol. The second-order valence-corrected chi connectivity index (χ2v) is 2.44. The summed E-state index contributed by atoms with van der Waals surface area (Å²) in [4.78, 5) is 13.7. The molecule has 2 heterocycles. The lowest BCUT2D eigenvalue weighted by Crippen LogP contribution is -2.15. The van der Waals surface area contributed by atoms with Crippen LogP contribution < -0.4 is 0 Å². The van der Waals surface area contributed by atoms with Gasteiger partial charge in [0.05, 0.1) is 11.9 Å². The van der Waals surface area contributed by atoms with E-state index in [1.807, 2.05) is 0 Å². The molecule has 1 aliphatic heterocycles. The Morgan fingerprint density at radius 2 is 2.43 bits per heavy atom. The number of hydrogen-bond donors (Lipinski definition) is 2. The third-order valence-corrected chi connectivity index (χ3v) is 1.55. The summed E-state index contributed by atoms with van der Waals surface area (Å²) in [6.07, 6.45) is 1.54. The molecule has 70 valence electrons. The van der Waals surface area contributed by atoms with E-state index in [1.54, 1.807) is 6.07 Å². The van der Waals surface area contributed by atoms with Crippen LogP contribution >= 0.6 is 0 Å². The predicted molar refractivity (Wildman–Crippen MR) is 49.1 cm³/mol. The van der Waals surface area contributed by atoms with Crippen molar-refractivity contribution in [2.24, 2.45) is 15.2 Å². The fourth-order valence-corrected chi connectivity index (χ4v) is 1.02. The first-order valence-electron chi connectivity index (χ1n) is 3.70. The Kier molecular flexibility index (Phi) is 1.90. The first-order valence-corrected chi connectivity index (χ1v) is 3.70. The third-order valence-electron chi connectivity index (χ3n) is 1.55. The number of hydrogen-bond acceptors (Lipinski definition) is 4. The maximum Gasteiger partial charge on any atom is 0.431 e. The van der Waals surface area contributed by atoms with Gasteiger partial charge in [-0.05, 0) is 6.07 Å². The molecule has 14 heavy (non-hydrogen) atoms. The highest BCUT2D eigenvalue weighted by molar-refractivity contribution is 6.68. The summed E-state index contributed by atoms with van der Waals surface area (Å²) in [5, 5.41) is 22.1. The highest BCUT2D eigenvalue weighted by atomic mass is 16.4. The summed E-state index contributed by atoms with van der Waals surface area (Å²) < 4.78 is 0. The Hall–Kier alpha value is -2.31. The standard InChI is InChI=1S/C7H5N5O2/c13-7(14)10-5-3-9-12-6(5)4-1-2-8-11-4/h1-3H,(H,8,11)(H,13,14). The molecule has 7 heteroatoms. The van der Waals surface area contributed by atoms with Crippen LogP contribution in [0.5, 0.6) is 0 Å². The fourth-order valence-electron chi connectivity index (χ4n) is 1.02. The molecule has 0 aromatic carbocycles. The first kappa shape index (κ1) is 8.30. The number of aromatic amines is 1. The normalized spacial score (nSPS) is 17.4. The fraction of sp³-hybridized carbons (Fsp3) is 0. The number of aliphatic imine (C=N–C) groups is 1. The molecule has 1 aromatic heterocycles. The molecule has 7 nitrogen and oxygen atoms in total. The van der Waals surface area contributed by atoms with Crippen molar-refractivity contribution in [3.8, 4) is 0 Å². The second-order valence-electron chi connectivity index (χ2n) is 2.44. The molecule has 0 radical (unpaired) electrons. The molecule has 0 spiro atoms. The molecule has 0 atom stereocenters. The number of carbonyl (C=O) groups is 1. The van der Waals surface area contributed by atoms with Crippen LogP contribution in [0, 0.1) is 0 Å². The maximum absolute atomic E-state index is 10.3. The topological polar surface area (TPSA) is 103 Å². The van der Waals surface area contributed by atoms with Crippen LogP contribution in [0.2, 0.25) is 0 Å². The Labute approximate surface area is 77.9 Å². The van der Waals surface area contributed by atoms with Gasteiger partial charge >= 0.3 is 6.09 Å². The summed E-state index contributed by atoms with van der Waals surface area (Å²) in [7, 11) is 0. The van der Waals surface area contributed by atoms with Crippen molar-refractivity contribution in [2.75, 3.05) is 0 Å². The largest absolute Gasteiger partial charge is 0.463 e. The van der Waals surface area contributed by atoms with Crippen LogP contribution in [0.1, 0.15) is 5.69 Å². The van der Waals surface area contributed by atoms with Gasteiger partial charge in [-0.2, -0.15) is 15.2 Å². The Balaban J connectivity index is 2.35. The van der Waals surface area contributed by atoms with E-state index < -0.39 is 6.09 Å². The van der Waals surface area contributed by atoms with Gasteiger partial charge in [0.1, 0.15) is 11.4 Å². The van der Waals surface area contributed by atoms with E-state index in [-0.39, 0.29) is 5.71 Å². The highest BCUT2D eigenvalue weighted by Gasteiger charge is 2.16. The van der Waals surface area contributed by atoms with E-state index >= 15 is 0 Å². The lowest BCUT2D eigenvalue weighted by molar-refractivity contribution is 0.206. The van der Waals surface area contributed by atoms with E-state index in [0.717, 1.165) is 0 Å². The minimum Gasteiger partial charge on any atom is -0.463 e. The summed E-state index contributed by atoms with van der Waals surface area (Å²) in [5.41, 5.74) is 1.18. The van der Waals surface area contributed by atoms with Crippen molar-refractivity contribution in [1.82, 2.24) is 10.2 Å². The number of carboxylic acid groups (broad SMARTS) is 1. The van der Waals surface area contributed by atoms with Crippen LogP contribution in [-0.2, 0) is 0 Å². The number of nitrogens with zero attached hydrogens (tertiary/aromatic N) is 4. The lowest BCUT2D eigenvalue weighted by atomic mass is 10.2. The van der Waals surface area contributed by atoms with Gasteiger partial charge in [-0.3, -0.25) is 5.10 Å². The highest BCUT2D eigenvalue weighted by Crippen LogP contribution is 2.03. The number of aromatic nitrogens is 2. The number of amides is 1. The Bertz CT molecular complexity index is 443. The van der Waals surface area contributed by atoms with Gasteiger partial charge in [-0.25, -0.2) is 4.79 Å². The smallest absolute Gasteiger partial charge is 0.431 e. The van der Waals surface area contributed by atoms with Crippen molar-refractivity contribution in [3.05, 3.63) is 18.0 Å². The van der Waals surface area contributed by atoms with Crippen LogP contribution in [0.3, 0.4) is 0 Å². The summed E-state index contributed by atoms with van der Waals surface area (Å²) >= 11 is 0. The quantitative estimate of drug-likeness (QED) is 0.667. The molecule has 0 fully saturated rings. The molecule has 0 saturated heterocycles. The van der Waals surface area contributed by atoms with Crippen LogP contribution in [-0.4, -0.2) is 39.0 Å². The molecule has 2 N–H and O–H groups in total. The Morgan fingerprint density at radius 1 is 1.57 bits per heavy atom. The van der Waals surface area contributed by atoms with Gasteiger partial charge < -0.3 is 5.11 Å². The molecule has 0 bridgehead atoms. The molecule has 0 unspecified atom stereocenters. The van der Waals surface area contributed by atoms with Gasteiger partial charge in [0.25, 0.3) is 0 Å². The average Bonchev–Trinajstić information content (AvgIpc) is 2.70. The SMILES string of the molecule is O=C(O)N=C1C=NN=C1c1ccn[nH]1. The van der Waals surface area contributed by atoms with Crippen molar-refractivity contribution in [3.63, 3.8) is 0 Å². The van der Waals surface area contributed by atoms with Gasteiger partial charge in [-0.1, -0.05) is 0 Å². The maximum atomic E-state index is 10.3. The van der Waals surface area contributed by atoms with Crippen molar-refractivity contribution in [2.45, 2.75) is 0 Å². The second kappa shape index (κ2) is 3.21. The van der Waals surface area contributed by atoms with Crippen molar-refractivity contribution < 1.29 is 9.90 Å². The molecule has 1 amide bonds. The van der Waals surface area contributed by atoms with Gasteiger partial charge in [0, 0.05) is 6.20 Å². The number of nitrogens with one attached hydrogen (secondary N) is 1. The zero-order valence-corrected chi connectivity index (χ0v) is 6.88. The van der Waals surface area contributed by atoms with E-state index in [4.69, 9.17) is 5.11 Å². The Morgan fingerprint density at radius 3 is 3.07 bits per heavy atom. The molecular formula is C7H5N5O2. The summed E-state index contributed by atoms with van der Waals surface area (Å²) in [5.74, 6) is 0. The molecule has 0 saturated carbocycles. The van der Waals surface area contributed by atoms with Crippen molar-refractivity contribution >= 4 is 23.7 Å². The molecule has 2 rings (SSSR count). The van der Waals surface area contributed by atoms with Gasteiger partial charge in [0.2, 0.25) is 0 Å². The molecular weight excluding hydrogens is 186 g/mol. The van der Waals surface area contributed by atoms with E-state index in [0.29, 0.717) is 11.4 Å². The minimum atomic E-state index is -1.28. The zero-order chi connectivity index (χ0) is 9.97. The third kappa shape index (κ3) is 1.42. The summed E-state index contributed by atoms with van der Waals surface area (Å²) in [6.45, 7) is 0. The van der Waals surface area contributed by atoms with E-state index in [9.17, 15) is 4.79 Å². The van der Waals surface area contributed by atoms with Crippen LogP contribution in [0.15, 0.2) is 27.5 Å². The van der Waals surface area contributed by atoms with Gasteiger partial charge in [0.15, 0.2) is 0 Å². The monoisotopic (exact) mass is 191 g/mol. The molecule has 1 aliphatic rings. The number of rotatable bonds is 1. The zero-order valence-electron chi connectivity index (χ0n) is 6.88. The summed E-state index contributed by atoms with van der Waals surface area (Å²) in [6, 6.07) is 1.66.